The van der Waals surface area contributed by atoms with Crippen molar-refractivity contribution in [1.29, 1.82) is 5.26 Å². The Hall–Kier alpha value is -3.28. The van der Waals surface area contributed by atoms with E-state index in [4.69, 9.17) is 9.72 Å². The lowest BCUT2D eigenvalue weighted by Crippen LogP contribution is -2.35. The first-order valence-corrected chi connectivity index (χ1v) is 11.7. The van der Waals surface area contributed by atoms with Crippen LogP contribution < -0.4 is 0 Å². The lowest BCUT2D eigenvalue weighted by molar-refractivity contribution is -0.137. The van der Waals surface area contributed by atoms with E-state index in [9.17, 15) is 18.4 Å². The van der Waals surface area contributed by atoms with Gasteiger partial charge in [0.15, 0.2) is 0 Å². The van der Waals surface area contributed by atoms with Gasteiger partial charge in [0.25, 0.3) is 0 Å². The average molecular weight is 482 g/mol. The van der Waals surface area contributed by atoms with Crippen molar-refractivity contribution in [2.75, 3.05) is 32.1 Å². The van der Waals surface area contributed by atoms with Crippen LogP contribution in [0.5, 0.6) is 0 Å². The van der Waals surface area contributed by atoms with E-state index in [1.165, 1.54) is 23.9 Å². The second kappa shape index (κ2) is 10.3. The summed E-state index contributed by atoms with van der Waals surface area (Å²) in [5, 5.41) is 10.5. The topological polar surface area (TPSA) is 49.2 Å². The first-order valence-electron chi connectivity index (χ1n) is 10.7. The fraction of sp³-hybridized carbons (Fsp3) is 0.231. The number of hydrogen-bond acceptors (Lipinski definition) is 5. The number of aromatic nitrogens is 1. The van der Waals surface area contributed by atoms with Crippen molar-refractivity contribution in [3.8, 4) is 28.5 Å². The second-order valence-corrected chi connectivity index (χ2v) is 8.71. The Balaban J connectivity index is 1.72. The van der Waals surface area contributed by atoms with Crippen LogP contribution in [0.25, 0.3) is 22.4 Å². The fourth-order valence-electron chi connectivity index (χ4n) is 3.68. The zero-order valence-corrected chi connectivity index (χ0v) is 19.1. The molecule has 1 fully saturated rings. The molecule has 0 spiro atoms. The number of morpholine rings is 1. The van der Waals surface area contributed by atoms with Crippen molar-refractivity contribution in [3.05, 3.63) is 84.1 Å². The molecule has 8 heteroatoms. The molecule has 0 N–H and O–H groups in total. The van der Waals surface area contributed by atoms with E-state index in [0.29, 0.717) is 46.4 Å². The average Bonchev–Trinajstić information content (AvgIpc) is 2.87. The zero-order chi connectivity index (χ0) is 24.1. The Kier molecular flexibility index (Phi) is 7.25. The fourth-order valence-corrected chi connectivity index (χ4v) is 4.63. The number of nitriles is 1. The number of pyridine rings is 1. The summed E-state index contributed by atoms with van der Waals surface area (Å²) < 4.78 is 44.6. The molecule has 0 radical (unpaired) electrons. The molecule has 3 aromatic rings. The number of thioether (sulfide) groups is 1. The van der Waals surface area contributed by atoms with E-state index in [0.717, 1.165) is 36.5 Å². The van der Waals surface area contributed by atoms with E-state index >= 15 is 0 Å². The van der Waals surface area contributed by atoms with Crippen LogP contribution in [-0.4, -0.2) is 41.9 Å². The SMILES string of the molecule is C=C(CSc1nc(-c2ccccc2)cc(-c2ccc(C(F)(F)F)cc2)c1C#N)N1CCOCC1. The predicted molar refractivity (Wildman–Crippen MR) is 127 cm³/mol. The highest BCUT2D eigenvalue weighted by atomic mass is 32.2. The van der Waals surface area contributed by atoms with Crippen LogP contribution in [0.4, 0.5) is 13.2 Å². The number of benzene rings is 2. The maximum Gasteiger partial charge on any atom is 0.416 e. The molecule has 0 atom stereocenters. The van der Waals surface area contributed by atoms with Crippen LogP contribution in [0.3, 0.4) is 0 Å². The van der Waals surface area contributed by atoms with Gasteiger partial charge in [-0.1, -0.05) is 60.8 Å². The highest BCUT2D eigenvalue weighted by Crippen LogP contribution is 2.36. The highest BCUT2D eigenvalue weighted by Gasteiger charge is 2.30. The van der Waals surface area contributed by atoms with Crippen LogP contribution in [0.1, 0.15) is 11.1 Å². The van der Waals surface area contributed by atoms with Crippen LogP contribution in [0.2, 0.25) is 0 Å². The Morgan fingerprint density at radius 3 is 2.35 bits per heavy atom. The van der Waals surface area contributed by atoms with Crippen molar-refractivity contribution in [1.82, 2.24) is 9.88 Å². The number of ether oxygens (including phenoxy) is 1. The summed E-state index contributed by atoms with van der Waals surface area (Å²) in [6.07, 6.45) is -4.43. The Morgan fingerprint density at radius 1 is 1.06 bits per heavy atom. The quantitative estimate of drug-likeness (QED) is 0.390. The van der Waals surface area contributed by atoms with Gasteiger partial charge in [-0.15, -0.1) is 0 Å². The number of alkyl halides is 3. The molecule has 1 aromatic heterocycles. The van der Waals surface area contributed by atoms with E-state index in [1.807, 2.05) is 30.3 Å². The monoisotopic (exact) mass is 481 g/mol. The van der Waals surface area contributed by atoms with Crippen LogP contribution in [-0.2, 0) is 10.9 Å². The standard InChI is InChI=1S/C26H22F3N3OS/c1-18(32-11-13-33-14-12-32)17-34-25-23(16-30)22(15-24(31-25)20-5-3-2-4-6-20)19-7-9-21(10-8-19)26(27,28)29/h2-10,15H,1,11-14,17H2. The van der Waals surface area contributed by atoms with Gasteiger partial charge >= 0.3 is 6.18 Å². The van der Waals surface area contributed by atoms with Gasteiger partial charge in [0.1, 0.15) is 11.1 Å². The Labute approximate surface area is 200 Å². The molecule has 1 aliphatic heterocycles. The summed E-state index contributed by atoms with van der Waals surface area (Å²) in [7, 11) is 0. The van der Waals surface area contributed by atoms with E-state index in [2.05, 4.69) is 17.5 Å². The molecule has 0 amide bonds. The number of nitrogens with zero attached hydrogens (tertiary/aromatic N) is 3. The number of hydrogen-bond donors (Lipinski definition) is 0. The summed E-state index contributed by atoms with van der Waals surface area (Å²) in [4.78, 5) is 6.90. The van der Waals surface area contributed by atoms with Gasteiger partial charge in [-0.2, -0.15) is 18.4 Å². The Bertz CT molecular complexity index is 1200. The zero-order valence-electron chi connectivity index (χ0n) is 18.3. The molecule has 0 aliphatic carbocycles. The summed E-state index contributed by atoms with van der Waals surface area (Å²) in [6, 6.07) is 18.3. The Morgan fingerprint density at radius 2 is 1.74 bits per heavy atom. The third kappa shape index (κ3) is 5.44. The second-order valence-electron chi connectivity index (χ2n) is 7.74. The first kappa shape index (κ1) is 23.9. The van der Waals surface area contributed by atoms with Crippen molar-refractivity contribution in [2.24, 2.45) is 0 Å². The van der Waals surface area contributed by atoms with Crippen molar-refractivity contribution >= 4 is 11.8 Å². The van der Waals surface area contributed by atoms with Crippen LogP contribution in [0.15, 0.2) is 78.0 Å². The van der Waals surface area contributed by atoms with Crippen molar-refractivity contribution in [2.45, 2.75) is 11.2 Å². The predicted octanol–water partition coefficient (Wildman–Crippen LogP) is 6.24. The third-order valence-corrected chi connectivity index (χ3v) is 6.57. The van der Waals surface area contributed by atoms with Gasteiger partial charge in [-0.25, -0.2) is 4.98 Å². The molecule has 1 aliphatic rings. The van der Waals surface area contributed by atoms with E-state index in [1.54, 1.807) is 6.07 Å². The van der Waals surface area contributed by atoms with E-state index < -0.39 is 11.7 Å². The minimum atomic E-state index is -4.43. The molecule has 4 nitrogen and oxygen atoms in total. The van der Waals surface area contributed by atoms with E-state index in [-0.39, 0.29) is 0 Å². The molecule has 0 unspecified atom stereocenters. The minimum absolute atomic E-state index is 0.333. The maximum atomic E-state index is 13.1. The van der Waals surface area contributed by atoms with Gasteiger partial charge in [0.2, 0.25) is 0 Å². The van der Waals surface area contributed by atoms with Gasteiger partial charge in [-0.3, -0.25) is 0 Å². The van der Waals surface area contributed by atoms with Gasteiger partial charge in [0, 0.05) is 35.7 Å². The first-order chi connectivity index (χ1) is 16.4. The molecular weight excluding hydrogens is 459 g/mol. The maximum absolute atomic E-state index is 13.1. The molecule has 4 rings (SSSR count). The van der Waals surface area contributed by atoms with Gasteiger partial charge < -0.3 is 9.64 Å². The number of rotatable bonds is 6. The summed E-state index contributed by atoms with van der Waals surface area (Å²) in [5.74, 6) is 0.534. The summed E-state index contributed by atoms with van der Waals surface area (Å²) >= 11 is 1.40. The molecular formula is C26H22F3N3OS. The molecule has 1 saturated heterocycles. The molecule has 174 valence electrons. The molecule has 0 saturated carbocycles. The van der Waals surface area contributed by atoms with Crippen molar-refractivity contribution < 1.29 is 17.9 Å². The smallest absolute Gasteiger partial charge is 0.378 e. The lowest BCUT2D eigenvalue weighted by Gasteiger charge is -2.30. The van der Waals surface area contributed by atoms with Crippen LogP contribution >= 0.6 is 11.8 Å². The molecule has 0 bridgehead atoms. The summed E-state index contributed by atoms with van der Waals surface area (Å²) in [5.41, 5.74) is 3.09. The summed E-state index contributed by atoms with van der Waals surface area (Å²) in [6.45, 7) is 6.99. The van der Waals surface area contributed by atoms with Crippen molar-refractivity contribution in [3.63, 3.8) is 0 Å². The third-order valence-electron chi connectivity index (χ3n) is 5.52. The molecule has 34 heavy (non-hydrogen) atoms. The largest absolute Gasteiger partial charge is 0.416 e. The highest BCUT2D eigenvalue weighted by molar-refractivity contribution is 7.99. The minimum Gasteiger partial charge on any atom is -0.378 e. The van der Waals surface area contributed by atoms with Crippen LogP contribution in [0, 0.1) is 11.3 Å². The lowest BCUT2D eigenvalue weighted by atomic mass is 9.98. The number of halogens is 3. The molecule has 2 heterocycles. The van der Waals surface area contributed by atoms with Gasteiger partial charge in [0.05, 0.1) is 30.0 Å². The molecule has 2 aromatic carbocycles. The van der Waals surface area contributed by atoms with Gasteiger partial charge in [-0.05, 0) is 23.8 Å². The normalized spacial score (nSPS) is 14.0.